The molecule has 0 saturated carbocycles. The molecule has 1 rings (SSSR count). The van der Waals surface area contributed by atoms with Crippen molar-refractivity contribution in [2.45, 2.75) is 142 Å². The second kappa shape index (κ2) is 17.8. The van der Waals surface area contributed by atoms with E-state index < -0.39 is 6.04 Å². The maximum absolute atomic E-state index is 12.8. The second-order valence-corrected chi connectivity index (χ2v) is 10.1. The van der Waals surface area contributed by atoms with Crippen molar-refractivity contribution in [2.24, 2.45) is 11.8 Å². The van der Waals surface area contributed by atoms with Gasteiger partial charge in [-0.15, -0.1) is 0 Å². The van der Waals surface area contributed by atoms with Crippen LogP contribution in [0.5, 0.6) is 0 Å². The standard InChI is InChI=1S/C27H49NO5/c1-5-7-9-10-11-12-13-14-15-16-22(19-25-23(17-8-6-2)26(30)33-25)32-27(31)24(28-20-29)18-21(3)4/h20-25H,5-19H2,1-4H3,(H,28,29)/t22-,23-,24-,25-/m0/s1. The number of esters is 2. The Morgan fingerprint density at radius 3 is 2.15 bits per heavy atom. The van der Waals surface area contributed by atoms with Gasteiger partial charge < -0.3 is 14.8 Å². The Kier molecular flexibility index (Phi) is 15.9. The van der Waals surface area contributed by atoms with Crippen molar-refractivity contribution in [1.29, 1.82) is 0 Å². The number of nitrogens with one attached hydrogen (secondary N) is 1. The number of hydrogen-bond acceptors (Lipinski definition) is 5. The summed E-state index contributed by atoms with van der Waals surface area (Å²) in [6.07, 6.45) is 16.0. The number of carbonyl (C=O) groups is 3. The van der Waals surface area contributed by atoms with Gasteiger partial charge in [0.1, 0.15) is 18.2 Å². The molecule has 192 valence electrons. The fourth-order valence-electron chi connectivity index (χ4n) is 4.54. The van der Waals surface area contributed by atoms with Gasteiger partial charge in [0.2, 0.25) is 6.41 Å². The van der Waals surface area contributed by atoms with Gasteiger partial charge in [0, 0.05) is 6.42 Å². The molecule has 1 fully saturated rings. The van der Waals surface area contributed by atoms with Gasteiger partial charge in [-0.25, -0.2) is 4.79 Å². The van der Waals surface area contributed by atoms with Gasteiger partial charge in [-0.2, -0.15) is 0 Å². The van der Waals surface area contributed by atoms with Gasteiger partial charge in [0.05, 0.1) is 5.92 Å². The molecule has 0 radical (unpaired) electrons. The van der Waals surface area contributed by atoms with Crippen LogP contribution in [0, 0.1) is 11.8 Å². The second-order valence-electron chi connectivity index (χ2n) is 10.1. The lowest BCUT2D eigenvalue weighted by Gasteiger charge is -2.37. The maximum Gasteiger partial charge on any atom is 0.328 e. The van der Waals surface area contributed by atoms with Crippen LogP contribution in [0.15, 0.2) is 0 Å². The van der Waals surface area contributed by atoms with Crippen LogP contribution in [0.3, 0.4) is 0 Å². The first-order valence-electron chi connectivity index (χ1n) is 13.5. The van der Waals surface area contributed by atoms with E-state index >= 15 is 0 Å². The zero-order valence-electron chi connectivity index (χ0n) is 21.6. The topological polar surface area (TPSA) is 81.7 Å². The Morgan fingerprint density at radius 1 is 1.00 bits per heavy atom. The van der Waals surface area contributed by atoms with Gasteiger partial charge >= 0.3 is 11.9 Å². The van der Waals surface area contributed by atoms with E-state index in [9.17, 15) is 14.4 Å². The van der Waals surface area contributed by atoms with E-state index in [1.807, 2.05) is 13.8 Å². The molecule has 0 spiro atoms. The van der Waals surface area contributed by atoms with Crippen LogP contribution in [-0.2, 0) is 23.9 Å². The van der Waals surface area contributed by atoms with E-state index in [4.69, 9.17) is 9.47 Å². The highest BCUT2D eigenvalue weighted by Gasteiger charge is 2.43. The van der Waals surface area contributed by atoms with E-state index in [1.165, 1.54) is 44.9 Å². The minimum Gasteiger partial charge on any atom is -0.461 e. The average molecular weight is 468 g/mol. The molecule has 1 saturated heterocycles. The smallest absolute Gasteiger partial charge is 0.328 e. The quantitative estimate of drug-likeness (QED) is 0.125. The maximum atomic E-state index is 12.8. The first-order chi connectivity index (χ1) is 15.9. The van der Waals surface area contributed by atoms with Crippen LogP contribution in [0.1, 0.15) is 124 Å². The molecule has 1 N–H and O–H groups in total. The molecule has 6 heteroatoms. The predicted molar refractivity (Wildman–Crippen MR) is 132 cm³/mol. The molecular formula is C27H49NO5. The van der Waals surface area contributed by atoms with Crippen LogP contribution in [0.2, 0.25) is 0 Å². The molecule has 1 heterocycles. The number of cyclic esters (lactones) is 1. The van der Waals surface area contributed by atoms with Crippen LogP contribution >= 0.6 is 0 Å². The lowest BCUT2D eigenvalue weighted by atomic mass is 9.87. The number of carbonyl (C=O) groups excluding carboxylic acids is 3. The van der Waals surface area contributed by atoms with Crippen LogP contribution in [-0.4, -0.2) is 36.6 Å². The molecule has 0 bridgehead atoms. The highest BCUT2D eigenvalue weighted by molar-refractivity contribution is 5.79. The Labute approximate surface area is 201 Å². The number of rotatable bonds is 21. The largest absolute Gasteiger partial charge is 0.461 e. The summed E-state index contributed by atoms with van der Waals surface area (Å²) < 4.78 is 11.3. The zero-order valence-corrected chi connectivity index (χ0v) is 21.6. The predicted octanol–water partition coefficient (Wildman–Crippen LogP) is 6.10. The van der Waals surface area contributed by atoms with Crippen molar-refractivity contribution in [2.75, 3.05) is 0 Å². The van der Waals surface area contributed by atoms with E-state index in [1.54, 1.807) is 0 Å². The van der Waals surface area contributed by atoms with E-state index in [2.05, 4.69) is 19.2 Å². The van der Waals surface area contributed by atoms with E-state index in [0.717, 1.165) is 38.5 Å². The Bertz CT molecular complexity index is 551. The van der Waals surface area contributed by atoms with Crippen molar-refractivity contribution in [3.8, 4) is 0 Å². The molecule has 0 aromatic rings. The van der Waals surface area contributed by atoms with E-state index in [0.29, 0.717) is 19.3 Å². The van der Waals surface area contributed by atoms with Crippen molar-refractivity contribution in [3.63, 3.8) is 0 Å². The lowest BCUT2D eigenvalue weighted by molar-refractivity contribution is -0.190. The average Bonchev–Trinajstić information content (AvgIpc) is 2.77. The Hall–Kier alpha value is -1.59. The molecule has 4 atom stereocenters. The first kappa shape index (κ1) is 29.4. The lowest BCUT2D eigenvalue weighted by Crippen LogP contribution is -2.48. The molecule has 33 heavy (non-hydrogen) atoms. The summed E-state index contributed by atoms with van der Waals surface area (Å²) in [5.74, 6) is -0.319. The molecule has 0 aliphatic carbocycles. The third-order valence-electron chi connectivity index (χ3n) is 6.56. The third-order valence-corrected chi connectivity index (χ3v) is 6.56. The molecule has 6 nitrogen and oxygen atoms in total. The molecule has 0 aromatic heterocycles. The van der Waals surface area contributed by atoms with Gasteiger partial charge in [-0.05, 0) is 31.6 Å². The van der Waals surface area contributed by atoms with Crippen molar-refractivity contribution in [1.82, 2.24) is 5.32 Å². The van der Waals surface area contributed by atoms with Crippen molar-refractivity contribution < 1.29 is 23.9 Å². The third kappa shape index (κ3) is 12.4. The molecule has 1 aliphatic heterocycles. The minimum absolute atomic E-state index is 0.0752. The number of ether oxygens (including phenoxy) is 2. The highest BCUT2D eigenvalue weighted by Crippen LogP contribution is 2.32. The minimum atomic E-state index is -0.632. The summed E-state index contributed by atoms with van der Waals surface area (Å²) in [5, 5.41) is 2.61. The normalized spacial score (nSPS) is 19.5. The van der Waals surface area contributed by atoms with Crippen molar-refractivity contribution >= 4 is 18.3 Å². The Balaban J connectivity index is 2.56. The number of hydrogen-bond donors (Lipinski definition) is 1. The summed E-state index contributed by atoms with van der Waals surface area (Å²) in [6, 6.07) is -0.632. The summed E-state index contributed by atoms with van der Waals surface area (Å²) in [5.41, 5.74) is 0. The number of amides is 1. The summed E-state index contributed by atoms with van der Waals surface area (Å²) in [7, 11) is 0. The fraction of sp³-hybridized carbons (Fsp3) is 0.889. The molecule has 1 aliphatic rings. The van der Waals surface area contributed by atoms with Gasteiger partial charge in [0.25, 0.3) is 0 Å². The fourth-order valence-corrected chi connectivity index (χ4v) is 4.54. The highest BCUT2D eigenvalue weighted by atomic mass is 16.6. The van der Waals surface area contributed by atoms with Gasteiger partial charge in [0.15, 0.2) is 0 Å². The number of unbranched alkanes of at least 4 members (excludes halogenated alkanes) is 9. The van der Waals surface area contributed by atoms with Crippen LogP contribution in [0.25, 0.3) is 0 Å². The summed E-state index contributed by atoms with van der Waals surface area (Å²) in [6.45, 7) is 8.37. The van der Waals surface area contributed by atoms with Crippen molar-refractivity contribution in [3.05, 3.63) is 0 Å². The summed E-state index contributed by atoms with van der Waals surface area (Å²) in [4.78, 5) is 35.7. The van der Waals surface area contributed by atoms with E-state index in [-0.39, 0.29) is 36.0 Å². The zero-order chi connectivity index (χ0) is 24.5. The SMILES string of the molecule is CCCCCCCCCCC[C@@H](C[C@@H]1OC(=O)[C@H]1CCCC)OC(=O)[C@H](CC(C)C)NC=O. The molecule has 1 amide bonds. The van der Waals surface area contributed by atoms with Crippen LogP contribution < -0.4 is 5.32 Å². The Morgan fingerprint density at radius 2 is 1.61 bits per heavy atom. The summed E-state index contributed by atoms with van der Waals surface area (Å²) >= 11 is 0. The van der Waals surface area contributed by atoms with Gasteiger partial charge in [-0.1, -0.05) is 91.9 Å². The molecule has 0 unspecified atom stereocenters. The van der Waals surface area contributed by atoms with Crippen LogP contribution in [0.4, 0.5) is 0 Å². The molecule has 0 aromatic carbocycles. The van der Waals surface area contributed by atoms with Gasteiger partial charge in [-0.3, -0.25) is 9.59 Å². The monoisotopic (exact) mass is 467 g/mol. The molecular weight excluding hydrogens is 418 g/mol. The first-order valence-corrected chi connectivity index (χ1v) is 13.5.